The molecule has 108 valence electrons. The first-order valence-electron chi connectivity index (χ1n) is 6.70. The normalized spacial score (nSPS) is 12.5. The minimum Gasteiger partial charge on any atom is -0.505 e. The minimum atomic E-state index is -0.189. The summed E-state index contributed by atoms with van der Waals surface area (Å²) in [4.78, 5) is 4.30. The Bertz CT molecular complexity index is 563. The summed E-state index contributed by atoms with van der Waals surface area (Å²) >= 11 is 0. The first-order chi connectivity index (χ1) is 9.67. The Morgan fingerprint density at radius 3 is 2.90 bits per heavy atom. The maximum Gasteiger partial charge on any atom is 0.261 e. The Balaban J connectivity index is 2.30. The number of phenolic OH excluding ortho intramolecular Hbond substituents is 1. The molecule has 0 fully saturated rings. The molecule has 1 unspecified atom stereocenters. The van der Waals surface area contributed by atoms with E-state index in [0.29, 0.717) is 18.0 Å². The summed E-state index contributed by atoms with van der Waals surface area (Å²) in [6.07, 6.45) is 1.58. The summed E-state index contributed by atoms with van der Waals surface area (Å²) in [6.45, 7) is 4.57. The van der Waals surface area contributed by atoms with Crippen molar-refractivity contribution in [2.24, 2.45) is 0 Å². The topological polar surface area (TPSA) is 94.4 Å². The zero-order chi connectivity index (χ0) is 14.5. The standard InChI is InChI=1S/C14H19N3O3/c1-3-6-11(19-4-2)13-16-14(20-17-13)9-7-5-8-10(15)12(9)18/h5,7-8,11,18H,3-4,6,15H2,1-2H3. The van der Waals surface area contributed by atoms with Crippen molar-refractivity contribution in [2.45, 2.75) is 32.8 Å². The van der Waals surface area contributed by atoms with E-state index < -0.39 is 0 Å². The second-order valence-electron chi connectivity index (χ2n) is 4.43. The fraction of sp³-hybridized carbons (Fsp3) is 0.429. The number of phenols is 1. The number of benzene rings is 1. The van der Waals surface area contributed by atoms with Gasteiger partial charge in [0.2, 0.25) is 5.82 Å². The second kappa shape index (κ2) is 6.38. The lowest BCUT2D eigenvalue weighted by Crippen LogP contribution is -2.05. The summed E-state index contributed by atoms with van der Waals surface area (Å²) in [5.74, 6) is 0.683. The van der Waals surface area contributed by atoms with E-state index in [1.807, 2.05) is 6.92 Å². The monoisotopic (exact) mass is 277 g/mol. The van der Waals surface area contributed by atoms with Crippen LogP contribution in [0.25, 0.3) is 11.5 Å². The highest BCUT2D eigenvalue weighted by atomic mass is 16.5. The van der Waals surface area contributed by atoms with Gasteiger partial charge in [0.05, 0.1) is 11.3 Å². The summed E-state index contributed by atoms with van der Waals surface area (Å²) in [6, 6.07) is 5.01. The minimum absolute atomic E-state index is 0.0499. The van der Waals surface area contributed by atoms with Gasteiger partial charge in [0, 0.05) is 6.61 Å². The maximum absolute atomic E-state index is 9.92. The van der Waals surface area contributed by atoms with Crippen molar-refractivity contribution in [3.63, 3.8) is 0 Å². The summed E-state index contributed by atoms with van der Waals surface area (Å²) in [5.41, 5.74) is 6.36. The third kappa shape index (κ3) is 2.91. The molecule has 0 radical (unpaired) electrons. The van der Waals surface area contributed by atoms with Crippen LogP contribution in [0.2, 0.25) is 0 Å². The van der Waals surface area contributed by atoms with Gasteiger partial charge in [-0.2, -0.15) is 4.98 Å². The van der Waals surface area contributed by atoms with Crippen LogP contribution in [-0.2, 0) is 4.74 Å². The summed E-state index contributed by atoms with van der Waals surface area (Å²) < 4.78 is 10.8. The Hall–Kier alpha value is -2.08. The van der Waals surface area contributed by atoms with Gasteiger partial charge in [-0.05, 0) is 25.5 Å². The summed E-state index contributed by atoms with van der Waals surface area (Å²) in [5, 5.41) is 13.9. The number of nitrogen functional groups attached to an aromatic ring is 1. The third-order valence-electron chi connectivity index (χ3n) is 2.95. The van der Waals surface area contributed by atoms with Crippen LogP contribution >= 0.6 is 0 Å². The van der Waals surface area contributed by atoms with Crippen LogP contribution < -0.4 is 5.73 Å². The molecule has 0 aliphatic heterocycles. The first-order valence-corrected chi connectivity index (χ1v) is 6.70. The van der Waals surface area contributed by atoms with Crippen molar-refractivity contribution in [3.8, 4) is 17.2 Å². The molecule has 1 atom stereocenters. The molecular weight excluding hydrogens is 258 g/mol. The van der Waals surface area contributed by atoms with E-state index in [1.165, 1.54) is 0 Å². The van der Waals surface area contributed by atoms with Crippen LogP contribution in [0.5, 0.6) is 5.75 Å². The van der Waals surface area contributed by atoms with Crippen LogP contribution in [0, 0.1) is 0 Å². The zero-order valence-corrected chi connectivity index (χ0v) is 11.7. The number of anilines is 1. The molecule has 2 aromatic rings. The molecule has 0 aliphatic carbocycles. The predicted octanol–water partition coefficient (Wildman–Crippen LogP) is 2.90. The number of rotatable bonds is 6. The molecule has 0 saturated carbocycles. The number of nitrogens with two attached hydrogens (primary N) is 1. The molecule has 0 saturated heterocycles. The Morgan fingerprint density at radius 1 is 1.40 bits per heavy atom. The molecule has 20 heavy (non-hydrogen) atoms. The molecule has 0 aliphatic rings. The number of para-hydroxylation sites is 1. The molecule has 0 bridgehead atoms. The quantitative estimate of drug-likeness (QED) is 0.622. The molecule has 6 nitrogen and oxygen atoms in total. The highest BCUT2D eigenvalue weighted by Crippen LogP contribution is 2.33. The van der Waals surface area contributed by atoms with Gasteiger partial charge in [-0.25, -0.2) is 0 Å². The van der Waals surface area contributed by atoms with Gasteiger partial charge >= 0.3 is 0 Å². The average Bonchev–Trinajstić information content (AvgIpc) is 2.91. The lowest BCUT2D eigenvalue weighted by Gasteiger charge is -2.11. The van der Waals surface area contributed by atoms with E-state index in [0.717, 1.165) is 12.8 Å². The Labute approximate surface area is 117 Å². The first kappa shape index (κ1) is 14.3. The van der Waals surface area contributed by atoms with Crippen molar-refractivity contribution in [3.05, 3.63) is 24.0 Å². The third-order valence-corrected chi connectivity index (χ3v) is 2.95. The molecule has 1 heterocycles. The number of nitrogens with zero attached hydrogens (tertiary/aromatic N) is 2. The number of hydrogen-bond donors (Lipinski definition) is 2. The van der Waals surface area contributed by atoms with Gasteiger partial charge in [-0.3, -0.25) is 0 Å². The highest BCUT2D eigenvalue weighted by Gasteiger charge is 2.20. The smallest absolute Gasteiger partial charge is 0.261 e. The number of aromatic nitrogens is 2. The van der Waals surface area contributed by atoms with Crippen LogP contribution in [0.15, 0.2) is 22.7 Å². The van der Waals surface area contributed by atoms with Gasteiger partial charge in [0.25, 0.3) is 5.89 Å². The Kier molecular flexibility index (Phi) is 4.57. The van der Waals surface area contributed by atoms with E-state index in [2.05, 4.69) is 17.1 Å². The van der Waals surface area contributed by atoms with Gasteiger partial charge in [-0.1, -0.05) is 24.6 Å². The average molecular weight is 277 g/mol. The van der Waals surface area contributed by atoms with Crippen molar-refractivity contribution < 1.29 is 14.4 Å². The van der Waals surface area contributed by atoms with Crippen molar-refractivity contribution in [1.82, 2.24) is 10.1 Å². The molecule has 0 spiro atoms. The molecule has 2 rings (SSSR count). The number of hydrogen-bond acceptors (Lipinski definition) is 6. The predicted molar refractivity (Wildman–Crippen MR) is 75.1 cm³/mol. The maximum atomic E-state index is 9.92. The van der Waals surface area contributed by atoms with Crippen LogP contribution in [0.4, 0.5) is 5.69 Å². The zero-order valence-electron chi connectivity index (χ0n) is 11.7. The largest absolute Gasteiger partial charge is 0.505 e. The van der Waals surface area contributed by atoms with E-state index in [9.17, 15) is 5.11 Å². The van der Waals surface area contributed by atoms with Crippen LogP contribution in [0.3, 0.4) is 0 Å². The Morgan fingerprint density at radius 2 is 2.20 bits per heavy atom. The molecule has 3 N–H and O–H groups in total. The summed E-state index contributed by atoms with van der Waals surface area (Å²) in [7, 11) is 0. The van der Waals surface area contributed by atoms with Gasteiger partial charge in [-0.15, -0.1) is 0 Å². The number of aromatic hydroxyl groups is 1. The lowest BCUT2D eigenvalue weighted by atomic mass is 10.1. The molecular formula is C14H19N3O3. The van der Waals surface area contributed by atoms with E-state index >= 15 is 0 Å². The SMILES string of the molecule is CCCC(OCC)c1noc(-c2cccc(N)c2O)n1. The van der Waals surface area contributed by atoms with Crippen LogP contribution in [0.1, 0.15) is 38.6 Å². The molecule has 1 aromatic carbocycles. The second-order valence-corrected chi connectivity index (χ2v) is 4.43. The number of ether oxygens (including phenoxy) is 1. The van der Waals surface area contributed by atoms with Crippen molar-refractivity contribution in [1.29, 1.82) is 0 Å². The fourth-order valence-corrected chi connectivity index (χ4v) is 1.96. The lowest BCUT2D eigenvalue weighted by molar-refractivity contribution is 0.0478. The van der Waals surface area contributed by atoms with Gasteiger partial charge in [0.15, 0.2) is 5.75 Å². The molecule has 0 amide bonds. The highest BCUT2D eigenvalue weighted by molar-refractivity contribution is 5.71. The van der Waals surface area contributed by atoms with Crippen molar-refractivity contribution in [2.75, 3.05) is 12.3 Å². The van der Waals surface area contributed by atoms with E-state index in [1.54, 1.807) is 18.2 Å². The van der Waals surface area contributed by atoms with E-state index in [4.69, 9.17) is 15.0 Å². The van der Waals surface area contributed by atoms with Crippen LogP contribution in [-0.4, -0.2) is 21.9 Å². The molecule has 6 heteroatoms. The van der Waals surface area contributed by atoms with E-state index in [-0.39, 0.29) is 23.4 Å². The fourth-order valence-electron chi connectivity index (χ4n) is 1.96. The van der Waals surface area contributed by atoms with Crippen molar-refractivity contribution >= 4 is 5.69 Å². The van der Waals surface area contributed by atoms with Gasteiger partial charge in [0.1, 0.15) is 6.10 Å². The van der Waals surface area contributed by atoms with Gasteiger partial charge < -0.3 is 20.1 Å². The molecule has 1 aromatic heterocycles.